The van der Waals surface area contributed by atoms with Crippen molar-refractivity contribution in [1.82, 2.24) is 0 Å². The van der Waals surface area contributed by atoms with Crippen molar-refractivity contribution in [2.45, 2.75) is 12.2 Å². The number of phenolic OH excluding ortho intramolecular Hbond substituents is 1. The van der Waals surface area contributed by atoms with Gasteiger partial charge in [0, 0.05) is 5.56 Å². The Kier molecular flexibility index (Phi) is 6.21. The molecule has 0 spiro atoms. The third-order valence-corrected chi connectivity index (χ3v) is 3.68. The lowest BCUT2D eigenvalue weighted by Crippen LogP contribution is -2.29. The summed E-state index contributed by atoms with van der Waals surface area (Å²) in [7, 11) is 2.82. The van der Waals surface area contributed by atoms with E-state index in [4.69, 9.17) is 14.2 Å². The number of aromatic hydroxyl groups is 1. The zero-order valence-electron chi connectivity index (χ0n) is 13.9. The second-order valence-electron chi connectivity index (χ2n) is 5.24. The minimum atomic E-state index is -1.19. The smallest absolute Gasteiger partial charge is 0.161 e. The molecule has 0 saturated heterocycles. The van der Waals surface area contributed by atoms with Crippen LogP contribution in [0, 0.1) is 0 Å². The number of rotatable bonds is 8. The molecule has 0 aliphatic rings. The highest BCUT2D eigenvalue weighted by atomic mass is 16.5. The molecule has 25 heavy (non-hydrogen) atoms. The van der Waals surface area contributed by atoms with Crippen molar-refractivity contribution in [2.75, 3.05) is 20.8 Å². The lowest BCUT2D eigenvalue weighted by atomic mass is 10.0. The number of phenols is 1. The molecule has 0 amide bonds. The lowest BCUT2D eigenvalue weighted by molar-refractivity contribution is -0.000522. The average molecular weight is 348 g/mol. The number of hydrogen-bond donors (Lipinski definition) is 3. The molecule has 134 valence electrons. The van der Waals surface area contributed by atoms with Gasteiger partial charge in [-0.15, -0.1) is 0 Å². The fourth-order valence-electron chi connectivity index (χ4n) is 2.31. The number of methoxy groups -OCH3 is 2. The number of aliphatic hydroxyl groups is 2. The third-order valence-electron chi connectivity index (χ3n) is 3.68. The molecule has 7 nitrogen and oxygen atoms in total. The number of aliphatic hydroxyl groups excluding tert-OH is 2. The molecule has 3 N–H and O–H groups in total. The molecule has 0 bridgehead atoms. The predicted molar refractivity (Wildman–Crippen MR) is 89.5 cm³/mol. The van der Waals surface area contributed by atoms with Gasteiger partial charge in [0.15, 0.2) is 29.1 Å². The SMILES string of the molecule is COc1cc([C@@H](O)[C@H](CO)Oc2ccc(C=O)cc2OC)ccc1O. The molecular weight excluding hydrogens is 328 g/mol. The first-order valence-electron chi connectivity index (χ1n) is 7.49. The molecule has 0 heterocycles. The number of carbonyl (C=O) groups is 1. The second kappa shape index (κ2) is 8.36. The van der Waals surface area contributed by atoms with Crippen molar-refractivity contribution in [3.8, 4) is 23.0 Å². The van der Waals surface area contributed by atoms with Gasteiger partial charge >= 0.3 is 0 Å². The molecule has 2 aromatic rings. The Balaban J connectivity index is 2.26. The maximum Gasteiger partial charge on any atom is 0.161 e. The average Bonchev–Trinajstić information content (AvgIpc) is 2.65. The summed E-state index contributed by atoms with van der Waals surface area (Å²) in [5.41, 5.74) is 0.811. The molecule has 2 rings (SSSR count). The first-order chi connectivity index (χ1) is 12.0. The zero-order valence-corrected chi connectivity index (χ0v) is 13.9. The van der Waals surface area contributed by atoms with Gasteiger partial charge in [0.1, 0.15) is 12.4 Å². The summed E-state index contributed by atoms with van der Waals surface area (Å²) >= 11 is 0. The van der Waals surface area contributed by atoms with Gasteiger partial charge in [0.05, 0.1) is 20.8 Å². The van der Waals surface area contributed by atoms with Crippen molar-refractivity contribution in [2.24, 2.45) is 0 Å². The van der Waals surface area contributed by atoms with Gasteiger partial charge in [-0.2, -0.15) is 0 Å². The van der Waals surface area contributed by atoms with E-state index in [9.17, 15) is 20.1 Å². The third kappa shape index (κ3) is 4.20. The van der Waals surface area contributed by atoms with Gasteiger partial charge in [0.2, 0.25) is 0 Å². The second-order valence-corrected chi connectivity index (χ2v) is 5.24. The molecule has 2 aromatic carbocycles. The van der Waals surface area contributed by atoms with Crippen LogP contribution in [0.2, 0.25) is 0 Å². The van der Waals surface area contributed by atoms with Crippen LogP contribution in [-0.2, 0) is 0 Å². The summed E-state index contributed by atoms with van der Waals surface area (Å²) in [5.74, 6) is 0.711. The normalized spacial score (nSPS) is 13.0. The molecule has 7 heteroatoms. The maximum absolute atomic E-state index is 10.8. The van der Waals surface area contributed by atoms with Gasteiger partial charge < -0.3 is 29.5 Å². The lowest BCUT2D eigenvalue weighted by Gasteiger charge is -2.24. The van der Waals surface area contributed by atoms with E-state index in [0.717, 1.165) is 0 Å². The summed E-state index contributed by atoms with van der Waals surface area (Å²) < 4.78 is 15.8. The van der Waals surface area contributed by atoms with Crippen LogP contribution >= 0.6 is 0 Å². The van der Waals surface area contributed by atoms with Crippen LogP contribution in [0.3, 0.4) is 0 Å². The Morgan fingerprint density at radius 2 is 1.76 bits per heavy atom. The Bertz CT molecular complexity index is 729. The fraction of sp³-hybridized carbons (Fsp3) is 0.278. The largest absolute Gasteiger partial charge is 0.504 e. The van der Waals surface area contributed by atoms with E-state index in [1.165, 1.54) is 50.6 Å². The minimum absolute atomic E-state index is 0.0639. The van der Waals surface area contributed by atoms with Crippen LogP contribution in [0.5, 0.6) is 23.0 Å². The Labute approximate surface area is 145 Å². The number of carbonyl (C=O) groups excluding carboxylic acids is 1. The van der Waals surface area contributed by atoms with E-state index in [-0.39, 0.29) is 17.2 Å². The van der Waals surface area contributed by atoms with Crippen molar-refractivity contribution < 1.29 is 34.3 Å². The molecule has 2 atom stereocenters. The molecule has 0 radical (unpaired) electrons. The van der Waals surface area contributed by atoms with Crippen LogP contribution in [0.25, 0.3) is 0 Å². The quantitative estimate of drug-likeness (QED) is 0.624. The number of aldehydes is 1. The van der Waals surface area contributed by atoms with Gasteiger partial charge in [0.25, 0.3) is 0 Å². The van der Waals surface area contributed by atoms with Gasteiger partial charge in [-0.25, -0.2) is 0 Å². The zero-order chi connectivity index (χ0) is 18.4. The first-order valence-corrected chi connectivity index (χ1v) is 7.49. The fourth-order valence-corrected chi connectivity index (χ4v) is 2.31. The standard InChI is InChI=1S/C18H20O7/c1-23-15-8-12(4-5-13(15)21)18(22)17(10-20)25-14-6-3-11(9-19)7-16(14)24-2/h3-9,17-18,20-22H,10H2,1-2H3/t17-,18+/m0/s1. The molecular formula is C18H20O7. The summed E-state index contributed by atoms with van der Waals surface area (Å²) in [5, 5.41) is 29.7. The van der Waals surface area contributed by atoms with E-state index < -0.39 is 18.8 Å². The van der Waals surface area contributed by atoms with Crippen LogP contribution < -0.4 is 14.2 Å². The predicted octanol–water partition coefficient (Wildman–Crippen LogP) is 1.70. The van der Waals surface area contributed by atoms with E-state index in [2.05, 4.69) is 0 Å². The topological polar surface area (TPSA) is 105 Å². The number of ether oxygens (including phenoxy) is 3. The summed E-state index contributed by atoms with van der Waals surface area (Å²) in [6.07, 6.45) is -1.51. The van der Waals surface area contributed by atoms with E-state index in [0.29, 0.717) is 23.2 Å². The first kappa shape index (κ1) is 18.6. The van der Waals surface area contributed by atoms with Crippen molar-refractivity contribution in [3.05, 3.63) is 47.5 Å². The molecule has 0 fully saturated rings. The monoisotopic (exact) mass is 348 g/mol. The van der Waals surface area contributed by atoms with Crippen LogP contribution in [0.1, 0.15) is 22.0 Å². The summed E-state index contributed by atoms with van der Waals surface area (Å²) in [6.45, 7) is -0.469. The van der Waals surface area contributed by atoms with E-state index >= 15 is 0 Å². The van der Waals surface area contributed by atoms with Crippen molar-refractivity contribution in [1.29, 1.82) is 0 Å². The molecule has 0 aliphatic heterocycles. The minimum Gasteiger partial charge on any atom is -0.504 e. The van der Waals surface area contributed by atoms with Crippen LogP contribution in [-0.4, -0.2) is 48.5 Å². The Morgan fingerprint density at radius 3 is 2.36 bits per heavy atom. The van der Waals surface area contributed by atoms with Gasteiger partial charge in [-0.1, -0.05) is 6.07 Å². The summed E-state index contributed by atoms with van der Waals surface area (Å²) in [6, 6.07) is 8.89. The Hall–Kier alpha value is -2.77. The summed E-state index contributed by atoms with van der Waals surface area (Å²) in [4.78, 5) is 10.8. The number of benzene rings is 2. The van der Waals surface area contributed by atoms with Crippen LogP contribution in [0.4, 0.5) is 0 Å². The van der Waals surface area contributed by atoms with Gasteiger partial charge in [-0.05, 0) is 35.9 Å². The molecule has 0 unspecified atom stereocenters. The van der Waals surface area contributed by atoms with Crippen LogP contribution in [0.15, 0.2) is 36.4 Å². The van der Waals surface area contributed by atoms with E-state index in [1.807, 2.05) is 0 Å². The highest BCUT2D eigenvalue weighted by Gasteiger charge is 2.24. The maximum atomic E-state index is 10.8. The highest BCUT2D eigenvalue weighted by molar-refractivity contribution is 5.76. The molecule has 0 aliphatic carbocycles. The van der Waals surface area contributed by atoms with E-state index in [1.54, 1.807) is 0 Å². The van der Waals surface area contributed by atoms with Gasteiger partial charge in [-0.3, -0.25) is 4.79 Å². The Morgan fingerprint density at radius 1 is 1.04 bits per heavy atom. The number of hydrogen-bond acceptors (Lipinski definition) is 7. The van der Waals surface area contributed by atoms with Crippen molar-refractivity contribution in [3.63, 3.8) is 0 Å². The molecule has 0 saturated carbocycles. The molecule has 0 aromatic heterocycles. The highest BCUT2D eigenvalue weighted by Crippen LogP contribution is 2.33. The van der Waals surface area contributed by atoms with Crippen molar-refractivity contribution >= 4 is 6.29 Å².